The second kappa shape index (κ2) is 7.81. The molecular formula is C17H20F2N4O. The fourth-order valence-corrected chi connectivity index (χ4v) is 2.17. The van der Waals surface area contributed by atoms with Gasteiger partial charge in [0.1, 0.15) is 34.7 Å². The fourth-order valence-electron chi connectivity index (χ4n) is 2.17. The number of halogens is 2. The highest BCUT2D eigenvalue weighted by Gasteiger charge is 2.16. The summed E-state index contributed by atoms with van der Waals surface area (Å²) in [5, 5.41) is 2.23. The van der Waals surface area contributed by atoms with Gasteiger partial charge in [0.2, 0.25) is 0 Å². The Labute approximate surface area is 139 Å². The largest absolute Gasteiger partial charge is 0.360 e. The number of carbonyl (C=O) groups is 1. The van der Waals surface area contributed by atoms with Gasteiger partial charge in [-0.1, -0.05) is 19.4 Å². The molecule has 2 aromatic rings. The summed E-state index contributed by atoms with van der Waals surface area (Å²) < 4.78 is 27.3. The Kier molecular flexibility index (Phi) is 5.78. The summed E-state index contributed by atoms with van der Waals surface area (Å²) in [7, 11) is 1.87. The number of benzene rings is 1. The molecule has 2 rings (SSSR count). The Hall–Kier alpha value is -2.57. The van der Waals surface area contributed by atoms with Crippen LogP contribution >= 0.6 is 0 Å². The fraction of sp³-hybridized carbons (Fsp3) is 0.353. The number of amides is 1. The molecule has 0 spiro atoms. The van der Waals surface area contributed by atoms with Crippen molar-refractivity contribution >= 4 is 17.4 Å². The SMILES string of the molecule is CCCCN(C)c1cc(C(=O)Nc2c(F)cccc2F)nc(C)n1. The minimum absolute atomic E-state index is 0.0588. The molecule has 0 aliphatic heterocycles. The lowest BCUT2D eigenvalue weighted by Crippen LogP contribution is -2.22. The number of hydrogen-bond donors (Lipinski definition) is 1. The molecule has 0 atom stereocenters. The van der Waals surface area contributed by atoms with E-state index >= 15 is 0 Å². The van der Waals surface area contributed by atoms with Gasteiger partial charge in [0.15, 0.2) is 0 Å². The predicted octanol–water partition coefficient (Wildman–Crippen LogP) is 3.55. The third kappa shape index (κ3) is 4.24. The summed E-state index contributed by atoms with van der Waals surface area (Å²) >= 11 is 0. The minimum atomic E-state index is -0.839. The van der Waals surface area contributed by atoms with Gasteiger partial charge in [0.05, 0.1) is 0 Å². The molecule has 1 N–H and O–H groups in total. The summed E-state index contributed by atoms with van der Waals surface area (Å²) in [6, 6.07) is 4.90. The molecule has 0 radical (unpaired) electrons. The molecule has 0 unspecified atom stereocenters. The minimum Gasteiger partial charge on any atom is -0.360 e. The monoisotopic (exact) mass is 334 g/mol. The maximum atomic E-state index is 13.7. The van der Waals surface area contributed by atoms with Gasteiger partial charge in [-0.05, 0) is 25.5 Å². The molecule has 1 aromatic heterocycles. The summed E-state index contributed by atoms with van der Waals surface area (Å²) in [5.74, 6) is -1.36. The zero-order valence-electron chi connectivity index (χ0n) is 13.9. The number of para-hydroxylation sites is 1. The molecule has 0 bridgehead atoms. The lowest BCUT2D eigenvalue weighted by atomic mass is 10.2. The van der Waals surface area contributed by atoms with Crippen LogP contribution in [0.3, 0.4) is 0 Å². The van der Waals surface area contributed by atoms with Gasteiger partial charge in [-0.2, -0.15) is 0 Å². The molecule has 0 aliphatic carbocycles. The number of carbonyl (C=O) groups excluding carboxylic acids is 1. The standard InChI is InChI=1S/C17H20F2N4O/c1-4-5-9-23(3)15-10-14(20-11(2)21-15)17(24)22-16-12(18)7-6-8-13(16)19/h6-8,10H,4-5,9H2,1-3H3,(H,22,24). The number of nitrogens with one attached hydrogen (secondary N) is 1. The highest BCUT2D eigenvalue weighted by molar-refractivity contribution is 6.03. The first-order chi connectivity index (χ1) is 11.4. The van der Waals surface area contributed by atoms with Crippen LogP contribution in [0.2, 0.25) is 0 Å². The van der Waals surface area contributed by atoms with Gasteiger partial charge >= 0.3 is 0 Å². The first-order valence-electron chi connectivity index (χ1n) is 7.74. The zero-order chi connectivity index (χ0) is 17.7. The first-order valence-corrected chi connectivity index (χ1v) is 7.74. The molecule has 7 heteroatoms. The molecule has 0 aliphatic rings. The third-order valence-electron chi connectivity index (χ3n) is 3.50. The van der Waals surface area contributed by atoms with E-state index < -0.39 is 23.2 Å². The average Bonchev–Trinajstić information content (AvgIpc) is 2.55. The van der Waals surface area contributed by atoms with Crippen LogP contribution in [0.25, 0.3) is 0 Å². The maximum Gasteiger partial charge on any atom is 0.274 e. The second-order valence-electron chi connectivity index (χ2n) is 5.48. The van der Waals surface area contributed by atoms with Crippen molar-refractivity contribution < 1.29 is 13.6 Å². The molecule has 128 valence electrons. The number of nitrogens with zero attached hydrogens (tertiary/aromatic N) is 3. The van der Waals surface area contributed by atoms with Crippen LogP contribution < -0.4 is 10.2 Å². The Bertz CT molecular complexity index is 716. The quantitative estimate of drug-likeness (QED) is 0.878. The van der Waals surface area contributed by atoms with E-state index in [2.05, 4.69) is 22.2 Å². The molecule has 24 heavy (non-hydrogen) atoms. The number of unbranched alkanes of at least 4 members (excludes halogenated alkanes) is 1. The summed E-state index contributed by atoms with van der Waals surface area (Å²) in [4.78, 5) is 22.6. The van der Waals surface area contributed by atoms with E-state index in [0.717, 1.165) is 31.5 Å². The Balaban J connectivity index is 2.25. The number of aromatic nitrogens is 2. The van der Waals surface area contributed by atoms with Gasteiger partial charge in [0, 0.05) is 19.7 Å². The smallest absolute Gasteiger partial charge is 0.274 e. The van der Waals surface area contributed by atoms with Crippen LogP contribution in [0, 0.1) is 18.6 Å². The number of aryl methyl sites for hydroxylation is 1. The van der Waals surface area contributed by atoms with Crippen molar-refractivity contribution in [3.8, 4) is 0 Å². The predicted molar refractivity (Wildman–Crippen MR) is 89.3 cm³/mol. The molecule has 0 saturated heterocycles. The molecule has 0 saturated carbocycles. The van der Waals surface area contributed by atoms with E-state index in [0.29, 0.717) is 11.6 Å². The topological polar surface area (TPSA) is 58.1 Å². The van der Waals surface area contributed by atoms with Crippen molar-refractivity contribution in [2.75, 3.05) is 23.8 Å². The van der Waals surface area contributed by atoms with Crippen LogP contribution in [0.1, 0.15) is 36.1 Å². The summed E-state index contributed by atoms with van der Waals surface area (Å²) in [6.07, 6.45) is 2.02. The Morgan fingerprint density at radius 1 is 1.25 bits per heavy atom. The molecule has 0 fully saturated rings. The molecule has 1 aromatic carbocycles. The lowest BCUT2D eigenvalue weighted by Gasteiger charge is -2.18. The maximum absolute atomic E-state index is 13.7. The van der Waals surface area contributed by atoms with Gasteiger partial charge in [-0.25, -0.2) is 18.7 Å². The van der Waals surface area contributed by atoms with E-state index in [9.17, 15) is 13.6 Å². The molecule has 1 heterocycles. The summed E-state index contributed by atoms with van der Waals surface area (Å²) in [5.41, 5.74) is -0.428. The van der Waals surface area contributed by atoms with Crippen LogP contribution in [-0.4, -0.2) is 29.5 Å². The highest BCUT2D eigenvalue weighted by Crippen LogP contribution is 2.19. The van der Waals surface area contributed by atoms with E-state index in [-0.39, 0.29) is 5.69 Å². The van der Waals surface area contributed by atoms with Crippen LogP contribution in [-0.2, 0) is 0 Å². The van der Waals surface area contributed by atoms with Crippen molar-refractivity contribution in [1.29, 1.82) is 0 Å². The van der Waals surface area contributed by atoms with Crippen molar-refractivity contribution in [2.24, 2.45) is 0 Å². The third-order valence-corrected chi connectivity index (χ3v) is 3.50. The van der Waals surface area contributed by atoms with Crippen molar-refractivity contribution in [3.05, 3.63) is 47.4 Å². The zero-order valence-corrected chi connectivity index (χ0v) is 13.9. The number of hydrogen-bond acceptors (Lipinski definition) is 4. The highest BCUT2D eigenvalue weighted by atomic mass is 19.1. The van der Waals surface area contributed by atoms with Crippen LogP contribution in [0.15, 0.2) is 24.3 Å². The molecule has 5 nitrogen and oxygen atoms in total. The molecular weight excluding hydrogens is 314 g/mol. The van der Waals surface area contributed by atoms with Crippen LogP contribution in [0.5, 0.6) is 0 Å². The van der Waals surface area contributed by atoms with Crippen molar-refractivity contribution in [3.63, 3.8) is 0 Å². The summed E-state index contributed by atoms with van der Waals surface area (Å²) in [6.45, 7) is 4.54. The van der Waals surface area contributed by atoms with Gasteiger partial charge in [-0.15, -0.1) is 0 Å². The Morgan fingerprint density at radius 3 is 2.54 bits per heavy atom. The van der Waals surface area contributed by atoms with E-state index in [1.165, 1.54) is 12.1 Å². The lowest BCUT2D eigenvalue weighted by molar-refractivity contribution is 0.102. The number of anilines is 2. The van der Waals surface area contributed by atoms with E-state index in [4.69, 9.17) is 0 Å². The van der Waals surface area contributed by atoms with Gasteiger partial charge in [-0.3, -0.25) is 4.79 Å². The van der Waals surface area contributed by atoms with Crippen molar-refractivity contribution in [1.82, 2.24) is 9.97 Å². The average molecular weight is 334 g/mol. The van der Waals surface area contributed by atoms with Crippen molar-refractivity contribution in [2.45, 2.75) is 26.7 Å². The second-order valence-corrected chi connectivity index (χ2v) is 5.48. The van der Waals surface area contributed by atoms with Crippen LogP contribution in [0.4, 0.5) is 20.3 Å². The van der Waals surface area contributed by atoms with E-state index in [1.807, 2.05) is 11.9 Å². The number of rotatable bonds is 6. The normalized spacial score (nSPS) is 10.5. The van der Waals surface area contributed by atoms with E-state index in [1.54, 1.807) is 6.92 Å². The Morgan fingerprint density at radius 2 is 1.92 bits per heavy atom. The molecule has 1 amide bonds. The van der Waals surface area contributed by atoms with Gasteiger partial charge in [0.25, 0.3) is 5.91 Å². The van der Waals surface area contributed by atoms with Gasteiger partial charge < -0.3 is 10.2 Å². The first kappa shape index (κ1) is 17.8.